The zero-order chi connectivity index (χ0) is 17.2. The number of rotatable bonds is 4. The zero-order valence-corrected chi connectivity index (χ0v) is 14.3. The smallest absolute Gasteiger partial charge is 0.296 e. The molecule has 1 N–H and O–H groups in total. The third kappa shape index (κ3) is 3.18. The molecule has 0 bridgehead atoms. The Morgan fingerprint density at radius 3 is 2.84 bits per heavy atom. The lowest BCUT2D eigenvalue weighted by molar-refractivity contribution is 0.0983. The highest BCUT2D eigenvalue weighted by molar-refractivity contribution is 7.90. The Balaban J connectivity index is 1.59. The maximum atomic E-state index is 12.5. The Hall–Kier alpha value is -2.58. The number of nitrogens with zero attached hydrogens (tertiary/aromatic N) is 4. The highest BCUT2D eigenvalue weighted by atomic mass is 32.2. The third-order valence-corrected chi connectivity index (χ3v) is 5.30. The van der Waals surface area contributed by atoms with Crippen molar-refractivity contribution < 1.29 is 9.35 Å². The Morgan fingerprint density at radius 2 is 2.08 bits per heavy atom. The van der Waals surface area contributed by atoms with Crippen LogP contribution in [-0.4, -0.2) is 38.1 Å². The Labute approximate surface area is 148 Å². The van der Waals surface area contributed by atoms with Gasteiger partial charge in [-0.15, -0.1) is 0 Å². The minimum absolute atomic E-state index is 0.401. The van der Waals surface area contributed by atoms with Crippen molar-refractivity contribution in [1.82, 2.24) is 19.3 Å². The minimum atomic E-state index is -1.66. The van der Waals surface area contributed by atoms with Crippen molar-refractivity contribution in [3.05, 3.63) is 54.6 Å². The number of anilines is 1. The summed E-state index contributed by atoms with van der Waals surface area (Å²) in [6, 6.07) is 7.29. The van der Waals surface area contributed by atoms with Crippen LogP contribution in [0.3, 0.4) is 0 Å². The van der Waals surface area contributed by atoms with E-state index >= 15 is 0 Å². The molecule has 1 amide bonds. The number of fused-ring (bicyclic) bond motifs is 1. The number of carbonyl (C=O) groups is 1. The molecule has 0 saturated carbocycles. The first-order valence-corrected chi connectivity index (χ1v) is 9.22. The van der Waals surface area contributed by atoms with Crippen LogP contribution in [0.2, 0.25) is 0 Å². The van der Waals surface area contributed by atoms with E-state index in [0.717, 1.165) is 18.8 Å². The van der Waals surface area contributed by atoms with Gasteiger partial charge in [-0.1, -0.05) is 0 Å². The second-order valence-corrected chi connectivity index (χ2v) is 7.07. The van der Waals surface area contributed by atoms with Crippen molar-refractivity contribution in [3.8, 4) is 0 Å². The van der Waals surface area contributed by atoms with Gasteiger partial charge in [0.05, 0.1) is 23.5 Å². The average Bonchev–Trinajstić information content (AvgIpc) is 3.31. The molecule has 1 atom stereocenters. The van der Waals surface area contributed by atoms with Crippen molar-refractivity contribution in [2.75, 3.05) is 18.0 Å². The van der Waals surface area contributed by atoms with Crippen LogP contribution in [0.5, 0.6) is 0 Å². The van der Waals surface area contributed by atoms with Crippen molar-refractivity contribution in [1.29, 1.82) is 0 Å². The summed E-state index contributed by atoms with van der Waals surface area (Å²) in [7, 11) is 0. The number of hydrogen-bond donors (Lipinski definition) is 1. The Kier molecular flexibility index (Phi) is 4.29. The van der Waals surface area contributed by atoms with Crippen LogP contribution in [0.15, 0.2) is 53.9 Å². The summed E-state index contributed by atoms with van der Waals surface area (Å²) >= 11 is -1.66. The number of amides is 1. The topological polar surface area (TPSA) is 85.6 Å². The molecule has 0 aromatic carbocycles. The number of pyridine rings is 2. The lowest BCUT2D eigenvalue weighted by Crippen LogP contribution is -2.30. The van der Waals surface area contributed by atoms with Crippen LogP contribution in [-0.2, 0) is 11.4 Å². The number of nitrogens with one attached hydrogen (secondary N) is 1. The molecular formula is C17H17N5O2S. The second kappa shape index (κ2) is 6.73. The molecular weight excluding hydrogens is 338 g/mol. The molecule has 25 heavy (non-hydrogen) atoms. The van der Waals surface area contributed by atoms with Gasteiger partial charge < -0.3 is 9.45 Å². The van der Waals surface area contributed by atoms with Crippen molar-refractivity contribution >= 4 is 28.5 Å². The lowest BCUT2D eigenvalue weighted by atomic mass is 10.2. The SMILES string of the molecule is O=C(N[S+]([O-])c1cccnc1)c1cnn2ccc(N3CCCC3)cc12. The molecule has 1 unspecified atom stereocenters. The number of aromatic nitrogens is 3. The predicted molar refractivity (Wildman–Crippen MR) is 94.8 cm³/mol. The molecule has 3 aromatic rings. The average molecular weight is 355 g/mol. The standard InChI is InChI=1S/C17H17N5O2S/c23-17(20-25(24)14-4-3-6-18-11-14)15-12-19-22-9-5-13(10-16(15)22)21-7-1-2-8-21/h3-6,9-12H,1-2,7-8H2,(H,20,23). The molecule has 0 spiro atoms. The van der Waals surface area contributed by atoms with E-state index in [2.05, 4.69) is 19.7 Å². The fourth-order valence-electron chi connectivity index (χ4n) is 2.97. The maximum Gasteiger partial charge on any atom is 0.296 e. The summed E-state index contributed by atoms with van der Waals surface area (Å²) in [4.78, 5) is 19.2. The highest BCUT2D eigenvalue weighted by Crippen LogP contribution is 2.23. The maximum absolute atomic E-state index is 12.5. The van der Waals surface area contributed by atoms with Gasteiger partial charge in [-0.05, 0) is 37.1 Å². The molecule has 1 aliphatic heterocycles. The molecule has 4 heterocycles. The van der Waals surface area contributed by atoms with Crippen LogP contribution in [0.4, 0.5) is 5.69 Å². The molecule has 7 nitrogen and oxygen atoms in total. The van der Waals surface area contributed by atoms with Crippen molar-refractivity contribution in [3.63, 3.8) is 0 Å². The van der Waals surface area contributed by atoms with Crippen molar-refractivity contribution in [2.24, 2.45) is 0 Å². The van der Waals surface area contributed by atoms with Gasteiger partial charge in [0.1, 0.15) is 11.4 Å². The van der Waals surface area contributed by atoms with Gasteiger partial charge >= 0.3 is 0 Å². The lowest BCUT2D eigenvalue weighted by Gasteiger charge is -2.17. The van der Waals surface area contributed by atoms with Gasteiger partial charge in [0, 0.05) is 31.2 Å². The van der Waals surface area contributed by atoms with Crippen molar-refractivity contribution in [2.45, 2.75) is 17.7 Å². The molecule has 8 heteroatoms. The molecule has 0 radical (unpaired) electrons. The fraction of sp³-hybridized carbons (Fsp3) is 0.235. The monoisotopic (exact) mass is 355 g/mol. The number of carbonyl (C=O) groups excluding carboxylic acids is 1. The van der Waals surface area contributed by atoms with Gasteiger partial charge in [0.2, 0.25) is 0 Å². The van der Waals surface area contributed by atoms with Gasteiger partial charge in [0.15, 0.2) is 4.90 Å². The van der Waals surface area contributed by atoms with Crippen LogP contribution >= 0.6 is 0 Å². The molecule has 1 fully saturated rings. The number of hydrogen-bond acceptors (Lipinski definition) is 5. The molecule has 3 aromatic heterocycles. The van der Waals surface area contributed by atoms with Crippen LogP contribution in [0.1, 0.15) is 23.2 Å². The van der Waals surface area contributed by atoms with Gasteiger partial charge in [0.25, 0.3) is 5.91 Å². The van der Waals surface area contributed by atoms with Gasteiger partial charge in [-0.2, -0.15) is 9.82 Å². The Morgan fingerprint density at radius 1 is 1.24 bits per heavy atom. The predicted octanol–water partition coefficient (Wildman–Crippen LogP) is 1.78. The van der Waals surface area contributed by atoms with Gasteiger partial charge in [-0.25, -0.2) is 4.52 Å². The van der Waals surface area contributed by atoms with E-state index in [1.165, 1.54) is 25.2 Å². The van der Waals surface area contributed by atoms with Crippen LogP contribution in [0, 0.1) is 0 Å². The summed E-state index contributed by atoms with van der Waals surface area (Å²) < 4.78 is 16.4. The summed E-state index contributed by atoms with van der Waals surface area (Å²) in [5.41, 5.74) is 2.18. The largest absolute Gasteiger partial charge is 0.588 e. The molecule has 128 valence electrons. The van der Waals surface area contributed by atoms with E-state index in [-0.39, 0.29) is 0 Å². The first-order valence-electron chi connectivity index (χ1n) is 8.07. The Bertz CT molecular complexity index is 892. The highest BCUT2D eigenvalue weighted by Gasteiger charge is 2.21. The van der Waals surface area contributed by atoms with E-state index in [0.29, 0.717) is 16.0 Å². The first-order chi connectivity index (χ1) is 12.2. The fourth-order valence-corrected chi connectivity index (χ4v) is 3.73. The summed E-state index contributed by atoms with van der Waals surface area (Å²) in [6.45, 7) is 2.05. The van der Waals surface area contributed by atoms with E-state index < -0.39 is 17.3 Å². The van der Waals surface area contributed by atoms with Crippen LogP contribution in [0.25, 0.3) is 5.52 Å². The normalized spacial score (nSPS) is 15.5. The summed E-state index contributed by atoms with van der Waals surface area (Å²) in [5, 5.41) is 4.21. The third-order valence-electron chi connectivity index (χ3n) is 4.25. The quantitative estimate of drug-likeness (QED) is 0.721. The molecule has 1 saturated heterocycles. The summed E-state index contributed by atoms with van der Waals surface area (Å²) in [6.07, 6.45) is 8.77. The second-order valence-electron chi connectivity index (χ2n) is 5.86. The summed E-state index contributed by atoms with van der Waals surface area (Å²) in [5.74, 6) is -0.421. The van der Waals surface area contributed by atoms with E-state index in [1.807, 2.05) is 18.3 Å². The van der Waals surface area contributed by atoms with Gasteiger partial charge in [-0.3, -0.25) is 9.78 Å². The van der Waals surface area contributed by atoms with E-state index in [9.17, 15) is 9.35 Å². The van der Waals surface area contributed by atoms with E-state index in [4.69, 9.17) is 0 Å². The first kappa shape index (κ1) is 15.9. The minimum Gasteiger partial charge on any atom is -0.588 e. The zero-order valence-electron chi connectivity index (χ0n) is 13.5. The van der Waals surface area contributed by atoms with E-state index in [1.54, 1.807) is 22.8 Å². The molecule has 4 rings (SSSR count). The molecule has 0 aliphatic carbocycles. The van der Waals surface area contributed by atoms with Crippen LogP contribution < -0.4 is 9.62 Å². The molecule has 1 aliphatic rings.